The Hall–Kier alpha value is -1.71. The summed E-state index contributed by atoms with van der Waals surface area (Å²) < 4.78 is 5.76. The number of hydrogen-bond donors (Lipinski definition) is 2. The molecule has 18 heavy (non-hydrogen) atoms. The molecule has 1 rings (SSSR count). The normalized spacial score (nSPS) is 12.6. The van der Waals surface area contributed by atoms with Gasteiger partial charge in [-0.2, -0.15) is 0 Å². The van der Waals surface area contributed by atoms with Gasteiger partial charge in [0.1, 0.15) is 5.75 Å². The second-order valence-corrected chi connectivity index (χ2v) is 5.62. The Bertz CT molecular complexity index is 434. The highest BCUT2D eigenvalue weighted by Gasteiger charge is 2.11. The predicted octanol–water partition coefficient (Wildman–Crippen LogP) is 2.90. The van der Waals surface area contributed by atoms with Gasteiger partial charge in [0.05, 0.1) is 6.61 Å². The van der Waals surface area contributed by atoms with Crippen molar-refractivity contribution in [3.05, 3.63) is 29.3 Å². The van der Waals surface area contributed by atoms with E-state index in [2.05, 4.69) is 25.9 Å². The van der Waals surface area contributed by atoms with Gasteiger partial charge in [-0.1, -0.05) is 38.1 Å². The highest BCUT2D eigenvalue weighted by molar-refractivity contribution is 5.97. The van der Waals surface area contributed by atoms with Crippen molar-refractivity contribution < 1.29 is 9.94 Å². The first-order chi connectivity index (χ1) is 8.33. The van der Waals surface area contributed by atoms with Crippen LogP contribution in [0.3, 0.4) is 0 Å². The predicted molar refractivity (Wildman–Crippen MR) is 73.3 cm³/mol. The van der Waals surface area contributed by atoms with E-state index in [1.807, 2.05) is 13.0 Å². The topological polar surface area (TPSA) is 67.8 Å². The van der Waals surface area contributed by atoms with Gasteiger partial charge < -0.3 is 15.7 Å². The Kier molecular flexibility index (Phi) is 4.59. The quantitative estimate of drug-likeness (QED) is 0.373. The van der Waals surface area contributed by atoms with Crippen LogP contribution in [-0.4, -0.2) is 17.6 Å². The Balaban J connectivity index is 2.76. The van der Waals surface area contributed by atoms with Crippen LogP contribution in [-0.2, 0) is 0 Å². The third-order valence-corrected chi connectivity index (χ3v) is 2.70. The van der Waals surface area contributed by atoms with Crippen LogP contribution < -0.4 is 10.5 Å². The van der Waals surface area contributed by atoms with Gasteiger partial charge in [0.25, 0.3) is 0 Å². The lowest BCUT2D eigenvalue weighted by molar-refractivity contribution is 0.242. The fourth-order valence-corrected chi connectivity index (χ4v) is 1.44. The summed E-state index contributed by atoms with van der Waals surface area (Å²) in [7, 11) is 0. The molecule has 3 N–H and O–H groups in total. The summed E-state index contributed by atoms with van der Waals surface area (Å²) in [5, 5.41) is 11.6. The molecule has 0 spiro atoms. The van der Waals surface area contributed by atoms with E-state index in [-0.39, 0.29) is 11.3 Å². The smallest absolute Gasteiger partial charge is 0.170 e. The minimum Gasteiger partial charge on any atom is -0.493 e. The summed E-state index contributed by atoms with van der Waals surface area (Å²) in [6.07, 6.45) is 0.972. The molecule has 0 unspecified atom stereocenters. The third kappa shape index (κ3) is 4.28. The van der Waals surface area contributed by atoms with Gasteiger partial charge in [0.15, 0.2) is 5.84 Å². The SMILES string of the molecule is Cc1ccc(/C(N)=N/O)cc1OCCC(C)(C)C. The van der Waals surface area contributed by atoms with Crippen molar-refractivity contribution in [3.8, 4) is 5.75 Å². The van der Waals surface area contributed by atoms with Crippen LogP contribution in [0.4, 0.5) is 0 Å². The van der Waals surface area contributed by atoms with E-state index in [0.717, 1.165) is 17.7 Å². The lowest BCUT2D eigenvalue weighted by Gasteiger charge is -2.19. The fraction of sp³-hybridized carbons (Fsp3) is 0.500. The van der Waals surface area contributed by atoms with Crippen molar-refractivity contribution in [2.75, 3.05) is 6.61 Å². The van der Waals surface area contributed by atoms with Crippen molar-refractivity contribution in [2.45, 2.75) is 34.1 Å². The molecule has 0 heterocycles. The molecule has 0 aromatic heterocycles. The van der Waals surface area contributed by atoms with Crippen molar-refractivity contribution >= 4 is 5.84 Å². The first kappa shape index (κ1) is 14.4. The van der Waals surface area contributed by atoms with E-state index in [0.29, 0.717) is 12.2 Å². The zero-order valence-corrected chi connectivity index (χ0v) is 11.5. The molecular weight excluding hydrogens is 228 g/mol. The Labute approximate surface area is 108 Å². The summed E-state index contributed by atoms with van der Waals surface area (Å²) in [5.74, 6) is 0.874. The maximum absolute atomic E-state index is 8.65. The van der Waals surface area contributed by atoms with Gasteiger partial charge in [-0.15, -0.1) is 0 Å². The number of amidine groups is 1. The van der Waals surface area contributed by atoms with Crippen molar-refractivity contribution in [3.63, 3.8) is 0 Å². The summed E-state index contributed by atoms with van der Waals surface area (Å²) in [6.45, 7) is 9.16. The number of aryl methyl sites for hydroxylation is 1. The molecule has 0 aliphatic carbocycles. The molecule has 1 aromatic rings. The largest absolute Gasteiger partial charge is 0.493 e. The molecule has 1 aromatic carbocycles. The Morgan fingerprint density at radius 2 is 2.06 bits per heavy atom. The summed E-state index contributed by atoms with van der Waals surface area (Å²) in [5.41, 5.74) is 7.50. The van der Waals surface area contributed by atoms with E-state index in [9.17, 15) is 0 Å². The molecule has 0 amide bonds. The van der Waals surface area contributed by atoms with Crippen molar-refractivity contribution in [2.24, 2.45) is 16.3 Å². The molecule has 0 bridgehead atoms. The van der Waals surface area contributed by atoms with E-state index in [1.54, 1.807) is 12.1 Å². The van der Waals surface area contributed by atoms with Crippen LogP contribution in [0.15, 0.2) is 23.4 Å². The van der Waals surface area contributed by atoms with Crippen LogP contribution in [0.5, 0.6) is 5.75 Å². The number of benzene rings is 1. The molecule has 0 aliphatic heterocycles. The Morgan fingerprint density at radius 3 is 2.61 bits per heavy atom. The lowest BCUT2D eigenvalue weighted by atomic mass is 9.93. The van der Waals surface area contributed by atoms with E-state index in [1.165, 1.54) is 0 Å². The molecule has 0 aliphatic rings. The van der Waals surface area contributed by atoms with Gasteiger partial charge in [0.2, 0.25) is 0 Å². The third-order valence-electron chi connectivity index (χ3n) is 2.70. The molecule has 0 fully saturated rings. The second-order valence-electron chi connectivity index (χ2n) is 5.62. The van der Waals surface area contributed by atoms with E-state index >= 15 is 0 Å². The fourth-order valence-electron chi connectivity index (χ4n) is 1.44. The maximum atomic E-state index is 8.65. The van der Waals surface area contributed by atoms with Gasteiger partial charge in [-0.05, 0) is 30.4 Å². The number of rotatable bonds is 4. The average Bonchev–Trinajstić information content (AvgIpc) is 2.29. The number of hydrogen-bond acceptors (Lipinski definition) is 3. The minimum absolute atomic E-state index is 0.0932. The Morgan fingerprint density at radius 1 is 1.39 bits per heavy atom. The van der Waals surface area contributed by atoms with Crippen LogP contribution in [0.2, 0.25) is 0 Å². The van der Waals surface area contributed by atoms with Gasteiger partial charge >= 0.3 is 0 Å². The molecule has 0 atom stereocenters. The zero-order chi connectivity index (χ0) is 13.8. The van der Waals surface area contributed by atoms with Crippen molar-refractivity contribution in [1.82, 2.24) is 0 Å². The number of nitrogens with zero attached hydrogens (tertiary/aromatic N) is 1. The minimum atomic E-state index is 0.0932. The summed E-state index contributed by atoms with van der Waals surface area (Å²) in [4.78, 5) is 0. The second kappa shape index (κ2) is 5.76. The summed E-state index contributed by atoms with van der Waals surface area (Å²) in [6, 6.07) is 5.51. The van der Waals surface area contributed by atoms with Crippen LogP contribution in [0.25, 0.3) is 0 Å². The van der Waals surface area contributed by atoms with E-state index < -0.39 is 0 Å². The monoisotopic (exact) mass is 250 g/mol. The molecule has 0 saturated carbocycles. The molecule has 4 nitrogen and oxygen atoms in total. The van der Waals surface area contributed by atoms with Crippen LogP contribution in [0, 0.1) is 12.3 Å². The molecule has 4 heteroatoms. The van der Waals surface area contributed by atoms with Gasteiger partial charge in [-0.25, -0.2) is 0 Å². The number of nitrogens with two attached hydrogens (primary N) is 1. The average molecular weight is 250 g/mol. The standard InChI is InChI=1S/C14H22N2O2/c1-10-5-6-11(13(15)16-17)9-12(10)18-8-7-14(2,3)4/h5-6,9,17H,7-8H2,1-4H3,(H2,15,16). The molecule has 100 valence electrons. The van der Waals surface area contributed by atoms with Crippen molar-refractivity contribution in [1.29, 1.82) is 0 Å². The van der Waals surface area contributed by atoms with Crippen LogP contribution >= 0.6 is 0 Å². The molecule has 0 saturated heterocycles. The molecular formula is C14H22N2O2. The lowest BCUT2D eigenvalue weighted by Crippen LogP contribution is -2.14. The highest BCUT2D eigenvalue weighted by atomic mass is 16.5. The highest BCUT2D eigenvalue weighted by Crippen LogP contribution is 2.22. The van der Waals surface area contributed by atoms with E-state index in [4.69, 9.17) is 15.7 Å². The van der Waals surface area contributed by atoms with Gasteiger partial charge in [-0.3, -0.25) is 0 Å². The summed E-state index contributed by atoms with van der Waals surface area (Å²) >= 11 is 0. The molecule has 0 radical (unpaired) electrons. The first-order valence-corrected chi connectivity index (χ1v) is 6.05. The first-order valence-electron chi connectivity index (χ1n) is 6.05. The van der Waals surface area contributed by atoms with Crippen LogP contribution in [0.1, 0.15) is 38.3 Å². The van der Waals surface area contributed by atoms with Gasteiger partial charge in [0, 0.05) is 5.56 Å². The maximum Gasteiger partial charge on any atom is 0.170 e. The zero-order valence-electron chi connectivity index (χ0n) is 11.5. The number of ether oxygens (including phenoxy) is 1. The number of oxime groups is 1.